The molecule has 4 nitrogen and oxygen atoms in total. The van der Waals surface area contributed by atoms with Gasteiger partial charge in [0.25, 0.3) is 5.91 Å². The SMILES string of the molecule is CC[C@H](C)c1ccc(NC(=O)COC(=O)Cc2ccc(Cl)cc2Cl)cc1. The molecule has 0 saturated carbocycles. The lowest BCUT2D eigenvalue weighted by molar-refractivity contribution is -0.146. The Bertz CT molecular complexity index is 775. The smallest absolute Gasteiger partial charge is 0.310 e. The number of hydrogen-bond acceptors (Lipinski definition) is 3. The molecule has 0 aliphatic heterocycles. The largest absolute Gasteiger partial charge is 0.455 e. The fourth-order valence-corrected chi connectivity index (χ4v) is 2.82. The fourth-order valence-electron chi connectivity index (χ4n) is 2.35. The number of ether oxygens (including phenoxy) is 1. The summed E-state index contributed by atoms with van der Waals surface area (Å²) >= 11 is 11.8. The average molecular weight is 394 g/mol. The van der Waals surface area contributed by atoms with Crippen molar-refractivity contribution >= 4 is 40.8 Å². The number of nitrogens with one attached hydrogen (secondary N) is 1. The van der Waals surface area contributed by atoms with E-state index in [1.54, 1.807) is 18.2 Å². The first-order valence-corrected chi connectivity index (χ1v) is 9.14. The second kappa shape index (κ2) is 9.60. The highest BCUT2D eigenvalue weighted by atomic mass is 35.5. The van der Waals surface area contributed by atoms with Crippen molar-refractivity contribution in [3.63, 3.8) is 0 Å². The van der Waals surface area contributed by atoms with Gasteiger partial charge in [-0.05, 0) is 47.7 Å². The summed E-state index contributed by atoms with van der Waals surface area (Å²) in [6, 6.07) is 12.5. The van der Waals surface area contributed by atoms with Gasteiger partial charge in [-0.3, -0.25) is 9.59 Å². The number of esters is 1. The molecule has 6 heteroatoms. The Morgan fingerprint density at radius 3 is 2.42 bits per heavy atom. The second-order valence-electron chi connectivity index (χ2n) is 6.05. The van der Waals surface area contributed by atoms with Crippen LogP contribution in [0.15, 0.2) is 42.5 Å². The van der Waals surface area contributed by atoms with Crippen LogP contribution in [0.25, 0.3) is 0 Å². The highest BCUT2D eigenvalue weighted by molar-refractivity contribution is 6.35. The molecule has 2 aromatic carbocycles. The van der Waals surface area contributed by atoms with Gasteiger partial charge in [-0.25, -0.2) is 0 Å². The third kappa shape index (κ3) is 6.04. The maximum atomic E-state index is 11.9. The zero-order valence-corrected chi connectivity index (χ0v) is 16.2. The van der Waals surface area contributed by atoms with Crippen LogP contribution in [0.4, 0.5) is 5.69 Å². The van der Waals surface area contributed by atoms with Crippen molar-refractivity contribution in [1.29, 1.82) is 0 Å². The topological polar surface area (TPSA) is 55.4 Å². The molecule has 0 aromatic heterocycles. The van der Waals surface area contributed by atoms with E-state index in [-0.39, 0.29) is 13.0 Å². The molecular formula is C20H21Cl2NO3. The first kappa shape index (κ1) is 20.3. The van der Waals surface area contributed by atoms with Crippen molar-refractivity contribution in [3.8, 4) is 0 Å². The molecule has 1 amide bonds. The van der Waals surface area contributed by atoms with Gasteiger partial charge in [-0.15, -0.1) is 0 Å². The molecule has 0 bridgehead atoms. The molecule has 0 spiro atoms. The summed E-state index contributed by atoms with van der Waals surface area (Å²) in [5, 5.41) is 3.59. The molecule has 0 fully saturated rings. The summed E-state index contributed by atoms with van der Waals surface area (Å²) in [7, 11) is 0. The summed E-state index contributed by atoms with van der Waals surface area (Å²) in [4.78, 5) is 23.8. The van der Waals surface area contributed by atoms with Gasteiger partial charge in [0.2, 0.25) is 0 Å². The average Bonchev–Trinajstić information content (AvgIpc) is 2.62. The van der Waals surface area contributed by atoms with Gasteiger partial charge in [-0.1, -0.05) is 55.2 Å². The molecular weight excluding hydrogens is 373 g/mol. The minimum Gasteiger partial charge on any atom is -0.455 e. The predicted molar refractivity (Wildman–Crippen MR) is 105 cm³/mol. The third-order valence-electron chi connectivity index (χ3n) is 4.09. The van der Waals surface area contributed by atoms with E-state index in [1.165, 1.54) is 5.56 Å². The molecule has 1 N–H and O–H groups in total. The number of anilines is 1. The molecule has 2 aromatic rings. The van der Waals surface area contributed by atoms with Crippen molar-refractivity contribution in [2.45, 2.75) is 32.6 Å². The van der Waals surface area contributed by atoms with Gasteiger partial charge in [0.1, 0.15) is 0 Å². The Balaban J connectivity index is 1.81. The second-order valence-corrected chi connectivity index (χ2v) is 6.90. The number of hydrogen-bond donors (Lipinski definition) is 1. The van der Waals surface area contributed by atoms with Crippen LogP contribution >= 0.6 is 23.2 Å². The molecule has 0 unspecified atom stereocenters. The monoisotopic (exact) mass is 393 g/mol. The number of carbonyl (C=O) groups excluding carboxylic acids is 2. The summed E-state index contributed by atoms with van der Waals surface area (Å²) in [5.41, 5.74) is 2.48. The van der Waals surface area contributed by atoms with Crippen LogP contribution in [-0.4, -0.2) is 18.5 Å². The van der Waals surface area contributed by atoms with Crippen LogP contribution in [0.1, 0.15) is 37.3 Å². The van der Waals surface area contributed by atoms with E-state index in [2.05, 4.69) is 19.2 Å². The minimum atomic E-state index is -0.531. The normalized spacial score (nSPS) is 11.7. The van der Waals surface area contributed by atoms with Gasteiger partial charge >= 0.3 is 5.97 Å². The highest BCUT2D eigenvalue weighted by Crippen LogP contribution is 2.22. The number of benzene rings is 2. The van der Waals surface area contributed by atoms with Crippen molar-refractivity contribution < 1.29 is 14.3 Å². The van der Waals surface area contributed by atoms with E-state index >= 15 is 0 Å². The molecule has 0 aliphatic rings. The minimum absolute atomic E-state index is 0.0209. The standard InChI is InChI=1S/C20H21Cl2NO3/c1-3-13(2)14-5-8-17(9-6-14)23-19(24)12-26-20(25)10-15-4-7-16(21)11-18(15)22/h4-9,11,13H,3,10,12H2,1-2H3,(H,23,24)/t13-/m0/s1. The molecule has 2 rings (SSSR count). The van der Waals surface area contributed by atoms with E-state index in [1.807, 2.05) is 24.3 Å². The molecule has 138 valence electrons. The van der Waals surface area contributed by atoms with Gasteiger partial charge in [0.15, 0.2) is 6.61 Å². The summed E-state index contributed by atoms with van der Waals surface area (Å²) in [6.45, 7) is 3.93. The Hall–Kier alpha value is -2.04. The Morgan fingerprint density at radius 1 is 1.12 bits per heavy atom. The van der Waals surface area contributed by atoms with E-state index in [9.17, 15) is 9.59 Å². The maximum Gasteiger partial charge on any atom is 0.310 e. The van der Waals surface area contributed by atoms with Gasteiger partial charge < -0.3 is 10.1 Å². The Kier molecular flexibility index (Phi) is 7.49. The van der Waals surface area contributed by atoms with Crippen molar-refractivity contribution in [2.75, 3.05) is 11.9 Å². The van der Waals surface area contributed by atoms with Crippen LogP contribution in [0.3, 0.4) is 0 Å². The lowest BCUT2D eigenvalue weighted by Gasteiger charge is -2.11. The fraction of sp³-hybridized carbons (Fsp3) is 0.300. The highest BCUT2D eigenvalue weighted by Gasteiger charge is 2.11. The van der Waals surface area contributed by atoms with Gasteiger partial charge in [-0.2, -0.15) is 0 Å². The Labute approximate surface area is 163 Å². The zero-order valence-electron chi connectivity index (χ0n) is 14.7. The number of amides is 1. The lowest BCUT2D eigenvalue weighted by atomic mass is 9.99. The van der Waals surface area contributed by atoms with E-state index in [0.29, 0.717) is 27.2 Å². The van der Waals surface area contributed by atoms with E-state index in [4.69, 9.17) is 27.9 Å². The molecule has 26 heavy (non-hydrogen) atoms. The van der Waals surface area contributed by atoms with Crippen LogP contribution in [0.2, 0.25) is 10.0 Å². The van der Waals surface area contributed by atoms with E-state index < -0.39 is 11.9 Å². The van der Waals surface area contributed by atoms with Crippen LogP contribution in [0, 0.1) is 0 Å². The van der Waals surface area contributed by atoms with Crippen molar-refractivity contribution in [2.24, 2.45) is 0 Å². The van der Waals surface area contributed by atoms with E-state index in [0.717, 1.165) is 6.42 Å². The molecule has 0 saturated heterocycles. The first-order chi connectivity index (χ1) is 12.4. The zero-order chi connectivity index (χ0) is 19.1. The lowest BCUT2D eigenvalue weighted by Crippen LogP contribution is -2.21. The number of carbonyl (C=O) groups is 2. The molecule has 1 atom stereocenters. The molecule has 0 aliphatic carbocycles. The van der Waals surface area contributed by atoms with Gasteiger partial charge in [0, 0.05) is 15.7 Å². The number of halogens is 2. The van der Waals surface area contributed by atoms with Crippen LogP contribution < -0.4 is 5.32 Å². The maximum absolute atomic E-state index is 11.9. The van der Waals surface area contributed by atoms with Crippen molar-refractivity contribution in [1.82, 2.24) is 0 Å². The van der Waals surface area contributed by atoms with Crippen molar-refractivity contribution in [3.05, 3.63) is 63.6 Å². The summed E-state index contributed by atoms with van der Waals surface area (Å²) in [6.07, 6.45) is 1.03. The Morgan fingerprint density at radius 2 is 1.81 bits per heavy atom. The third-order valence-corrected chi connectivity index (χ3v) is 4.68. The number of rotatable bonds is 7. The summed E-state index contributed by atoms with van der Waals surface area (Å²) < 4.78 is 5.00. The molecule has 0 radical (unpaired) electrons. The quantitative estimate of drug-likeness (QED) is 0.654. The van der Waals surface area contributed by atoms with Crippen LogP contribution in [0.5, 0.6) is 0 Å². The van der Waals surface area contributed by atoms with Gasteiger partial charge in [0.05, 0.1) is 6.42 Å². The predicted octanol–water partition coefficient (Wildman–Crippen LogP) is 5.23. The van der Waals surface area contributed by atoms with Crippen LogP contribution in [-0.2, 0) is 20.7 Å². The summed E-state index contributed by atoms with van der Waals surface area (Å²) in [5.74, 6) is -0.450. The molecule has 0 heterocycles. The first-order valence-electron chi connectivity index (χ1n) is 8.38.